The fourth-order valence-electron chi connectivity index (χ4n) is 2.55. The van der Waals surface area contributed by atoms with Gasteiger partial charge in [-0.25, -0.2) is 0 Å². The highest BCUT2D eigenvalue weighted by molar-refractivity contribution is 6.03. The highest BCUT2D eigenvalue weighted by atomic mass is 16.2. The van der Waals surface area contributed by atoms with Crippen LogP contribution in [-0.2, 0) is 23.1 Å². The number of hydrogen-bond acceptors (Lipinski definition) is 3. The second-order valence-corrected chi connectivity index (χ2v) is 5.63. The lowest BCUT2D eigenvalue weighted by molar-refractivity contribution is -0.119. The number of benzene rings is 1. The Morgan fingerprint density at radius 2 is 2.13 bits per heavy atom. The van der Waals surface area contributed by atoms with Crippen LogP contribution in [0.1, 0.15) is 18.1 Å². The number of rotatable bonds is 3. The van der Waals surface area contributed by atoms with Crippen molar-refractivity contribution in [2.24, 2.45) is 13.0 Å². The summed E-state index contributed by atoms with van der Waals surface area (Å²) in [5.74, 6) is 0.733. The fraction of sp³-hybridized carbons (Fsp3) is 0.235. The van der Waals surface area contributed by atoms with Crippen LogP contribution < -0.4 is 10.6 Å². The molecule has 0 radical (unpaired) electrons. The van der Waals surface area contributed by atoms with Crippen molar-refractivity contribution in [3.63, 3.8) is 0 Å². The lowest BCUT2D eigenvalue weighted by atomic mass is 9.98. The van der Waals surface area contributed by atoms with Crippen molar-refractivity contribution < 1.29 is 9.59 Å². The summed E-state index contributed by atoms with van der Waals surface area (Å²) in [6, 6.07) is 9.59. The smallest absolute Gasteiger partial charge is 0.249 e. The number of aromatic nitrogens is 2. The quantitative estimate of drug-likeness (QED) is 0.853. The molecule has 2 amide bonds. The molecule has 1 aliphatic rings. The van der Waals surface area contributed by atoms with E-state index in [4.69, 9.17) is 0 Å². The van der Waals surface area contributed by atoms with Crippen molar-refractivity contribution in [3.05, 3.63) is 47.5 Å². The van der Waals surface area contributed by atoms with Crippen molar-refractivity contribution >= 4 is 29.5 Å². The second kappa shape index (κ2) is 6.08. The van der Waals surface area contributed by atoms with Crippen LogP contribution in [0.5, 0.6) is 0 Å². The van der Waals surface area contributed by atoms with Crippen LogP contribution in [-0.4, -0.2) is 21.6 Å². The first-order valence-corrected chi connectivity index (χ1v) is 7.45. The first-order chi connectivity index (χ1) is 11.0. The number of carbonyl (C=O) groups is 2. The van der Waals surface area contributed by atoms with Gasteiger partial charge in [0.2, 0.25) is 11.8 Å². The normalized spacial score (nSPS) is 17.0. The van der Waals surface area contributed by atoms with Gasteiger partial charge in [0.1, 0.15) is 5.82 Å². The third-order valence-electron chi connectivity index (χ3n) is 3.81. The Kier molecular flexibility index (Phi) is 3.97. The minimum atomic E-state index is -0.251. The topological polar surface area (TPSA) is 76.0 Å². The van der Waals surface area contributed by atoms with Crippen LogP contribution >= 0.6 is 0 Å². The van der Waals surface area contributed by atoms with Crippen LogP contribution in [0.4, 0.5) is 11.6 Å². The number of hydrogen-bond donors (Lipinski definition) is 2. The Hall–Kier alpha value is -2.89. The molecule has 0 unspecified atom stereocenters. The number of carbonyl (C=O) groups excluding carboxylic acids is 2. The summed E-state index contributed by atoms with van der Waals surface area (Å²) >= 11 is 0. The van der Waals surface area contributed by atoms with Crippen molar-refractivity contribution in [1.29, 1.82) is 0 Å². The van der Waals surface area contributed by atoms with Crippen LogP contribution in [0.15, 0.2) is 36.4 Å². The molecule has 6 heteroatoms. The van der Waals surface area contributed by atoms with Crippen molar-refractivity contribution in [3.8, 4) is 0 Å². The van der Waals surface area contributed by atoms with Crippen LogP contribution in [0, 0.1) is 5.92 Å². The van der Waals surface area contributed by atoms with Gasteiger partial charge in [-0.1, -0.05) is 37.3 Å². The lowest BCUT2D eigenvalue weighted by Crippen LogP contribution is -2.28. The average Bonchev–Trinajstić information content (AvgIpc) is 2.82. The minimum absolute atomic E-state index is 0.0256. The Morgan fingerprint density at radius 3 is 2.87 bits per heavy atom. The monoisotopic (exact) mass is 310 g/mol. The molecule has 1 aromatic carbocycles. The number of fused-ring (bicyclic) bond motifs is 1. The van der Waals surface area contributed by atoms with Crippen molar-refractivity contribution in [2.75, 3.05) is 10.6 Å². The summed E-state index contributed by atoms with van der Waals surface area (Å²) in [5.41, 5.74) is 1.81. The molecule has 2 aromatic rings. The second-order valence-electron chi connectivity index (χ2n) is 5.63. The lowest BCUT2D eigenvalue weighted by Gasteiger charge is -2.19. The number of amides is 2. The summed E-state index contributed by atoms with van der Waals surface area (Å²) in [4.78, 5) is 23.8. The van der Waals surface area contributed by atoms with E-state index in [0.29, 0.717) is 18.1 Å². The molecule has 0 bridgehead atoms. The standard InChI is InChI=1S/C17H18N4O2/c1-11-10-13-15(20-21(2)16(13)19-17(11)23)18-14(22)9-8-12-6-4-3-5-7-12/h3-9,11H,10H2,1-2H3,(H,19,23)(H,18,20,22)/b9-8-/t11-/m0/s1. The molecule has 0 aliphatic carbocycles. The van der Waals surface area contributed by atoms with Gasteiger partial charge in [-0.3, -0.25) is 14.3 Å². The summed E-state index contributed by atoms with van der Waals surface area (Å²) in [6.45, 7) is 1.85. The third kappa shape index (κ3) is 3.15. The predicted molar refractivity (Wildman–Crippen MR) is 88.8 cm³/mol. The van der Waals surface area contributed by atoms with E-state index in [1.807, 2.05) is 37.3 Å². The molecule has 0 saturated carbocycles. The van der Waals surface area contributed by atoms with E-state index < -0.39 is 0 Å². The molecular weight excluding hydrogens is 292 g/mol. The zero-order valence-electron chi connectivity index (χ0n) is 13.0. The van der Waals surface area contributed by atoms with Gasteiger partial charge in [0.15, 0.2) is 5.82 Å². The number of aryl methyl sites for hydroxylation is 1. The summed E-state index contributed by atoms with van der Waals surface area (Å²) in [5, 5.41) is 9.90. The van der Waals surface area contributed by atoms with E-state index in [-0.39, 0.29) is 17.7 Å². The Bertz CT molecular complexity index is 777. The largest absolute Gasteiger partial charge is 0.310 e. The molecule has 3 rings (SSSR count). The van der Waals surface area contributed by atoms with E-state index in [0.717, 1.165) is 11.1 Å². The summed E-state index contributed by atoms with van der Waals surface area (Å²) in [6.07, 6.45) is 3.78. The van der Waals surface area contributed by atoms with Crippen LogP contribution in [0.3, 0.4) is 0 Å². The minimum Gasteiger partial charge on any atom is -0.310 e. The van der Waals surface area contributed by atoms with Crippen LogP contribution in [0.2, 0.25) is 0 Å². The zero-order chi connectivity index (χ0) is 16.4. The van der Waals surface area contributed by atoms with Gasteiger partial charge in [-0.05, 0) is 18.1 Å². The molecule has 0 spiro atoms. The van der Waals surface area contributed by atoms with E-state index >= 15 is 0 Å². The van der Waals surface area contributed by atoms with Crippen LogP contribution in [0.25, 0.3) is 6.08 Å². The Labute approximate surface area is 134 Å². The molecule has 1 atom stereocenters. The molecule has 1 aliphatic heterocycles. The van der Waals surface area contributed by atoms with Gasteiger partial charge in [0.05, 0.1) is 0 Å². The van der Waals surface area contributed by atoms with Crippen molar-refractivity contribution in [1.82, 2.24) is 9.78 Å². The van der Waals surface area contributed by atoms with E-state index in [1.54, 1.807) is 17.8 Å². The van der Waals surface area contributed by atoms with E-state index in [9.17, 15) is 9.59 Å². The number of anilines is 2. The van der Waals surface area contributed by atoms with Crippen molar-refractivity contribution in [2.45, 2.75) is 13.3 Å². The Balaban J connectivity index is 1.76. The first-order valence-electron chi connectivity index (χ1n) is 7.45. The zero-order valence-corrected chi connectivity index (χ0v) is 13.0. The average molecular weight is 310 g/mol. The molecule has 1 aromatic heterocycles. The molecule has 23 heavy (non-hydrogen) atoms. The summed E-state index contributed by atoms with van der Waals surface area (Å²) in [7, 11) is 1.74. The Morgan fingerprint density at radius 1 is 1.39 bits per heavy atom. The van der Waals surface area contributed by atoms with Gasteiger partial charge >= 0.3 is 0 Å². The van der Waals surface area contributed by atoms with E-state index in [1.165, 1.54) is 6.08 Å². The maximum Gasteiger partial charge on any atom is 0.249 e. The van der Waals surface area contributed by atoms with Gasteiger partial charge in [0, 0.05) is 24.6 Å². The maximum absolute atomic E-state index is 12.1. The van der Waals surface area contributed by atoms with Gasteiger partial charge in [-0.15, -0.1) is 0 Å². The molecule has 0 saturated heterocycles. The molecule has 2 N–H and O–H groups in total. The van der Waals surface area contributed by atoms with E-state index in [2.05, 4.69) is 15.7 Å². The SMILES string of the molecule is C[C@H]1Cc2c(NC(=O)/C=C\c3ccccc3)nn(C)c2NC1=O. The van der Waals surface area contributed by atoms with Gasteiger partial charge in [-0.2, -0.15) is 5.10 Å². The molecular formula is C17H18N4O2. The fourth-order valence-corrected chi connectivity index (χ4v) is 2.55. The molecule has 6 nitrogen and oxygen atoms in total. The number of nitrogens with zero attached hydrogens (tertiary/aromatic N) is 2. The maximum atomic E-state index is 12.1. The molecule has 0 fully saturated rings. The van der Waals surface area contributed by atoms with Gasteiger partial charge in [0.25, 0.3) is 0 Å². The number of nitrogens with one attached hydrogen (secondary N) is 2. The third-order valence-corrected chi connectivity index (χ3v) is 3.81. The highest BCUT2D eigenvalue weighted by Gasteiger charge is 2.28. The van der Waals surface area contributed by atoms with Gasteiger partial charge < -0.3 is 10.6 Å². The first kappa shape index (κ1) is 15.0. The highest BCUT2D eigenvalue weighted by Crippen LogP contribution is 2.30. The predicted octanol–water partition coefficient (Wildman–Crippen LogP) is 2.20. The molecule has 118 valence electrons. The summed E-state index contributed by atoms with van der Waals surface area (Å²) < 4.78 is 1.58. The molecule has 2 heterocycles.